The van der Waals surface area contributed by atoms with Gasteiger partial charge in [0.15, 0.2) is 0 Å². The minimum atomic E-state index is -0.311. The lowest BCUT2D eigenvalue weighted by Gasteiger charge is -2.37. The largest absolute Gasteiger partial charge is 0.338 e. The fraction of sp³-hybridized carbons (Fsp3) is 0.867. The van der Waals surface area contributed by atoms with E-state index >= 15 is 0 Å². The molecule has 0 aromatic carbocycles. The topological polar surface area (TPSA) is 56.1 Å². The van der Waals surface area contributed by atoms with Crippen LogP contribution in [0, 0.1) is 16.7 Å². The summed E-state index contributed by atoms with van der Waals surface area (Å²) in [5.41, 5.74) is 0.0807. The first-order valence-corrected chi connectivity index (χ1v) is 7.44. The van der Waals surface area contributed by atoms with Crippen molar-refractivity contribution in [1.82, 2.24) is 10.2 Å². The molecule has 1 aliphatic heterocycles. The number of hydrogen-bond acceptors (Lipinski definition) is 3. The maximum Gasteiger partial charge on any atom is 0.241 e. The third-order valence-corrected chi connectivity index (χ3v) is 4.32. The molecule has 106 valence electrons. The van der Waals surface area contributed by atoms with E-state index in [4.69, 9.17) is 5.26 Å². The number of amides is 1. The number of carbonyl (C=O) groups excluding carboxylic acids is 1. The molecule has 1 heterocycles. The highest BCUT2D eigenvalue weighted by Crippen LogP contribution is 2.28. The average Bonchev–Trinajstić information content (AvgIpc) is 2.51. The number of rotatable bonds is 2. The fourth-order valence-electron chi connectivity index (χ4n) is 3.23. The molecule has 4 nitrogen and oxygen atoms in total. The first kappa shape index (κ1) is 14.3. The Balaban J connectivity index is 2.16. The summed E-state index contributed by atoms with van der Waals surface area (Å²) >= 11 is 0. The van der Waals surface area contributed by atoms with Crippen molar-refractivity contribution in [3.63, 3.8) is 0 Å². The maximum atomic E-state index is 12.6. The summed E-state index contributed by atoms with van der Waals surface area (Å²) in [6, 6.07) is 2.22. The molecule has 2 fully saturated rings. The Bertz CT molecular complexity index is 366. The summed E-state index contributed by atoms with van der Waals surface area (Å²) in [7, 11) is 0. The third kappa shape index (κ3) is 3.48. The van der Waals surface area contributed by atoms with Crippen LogP contribution in [0.1, 0.15) is 52.4 Å². The second kappa shape index (κ2) is 5.92. The lowest BCUT2D eigenvalue weighted by molar-refractivity contribution is -0.136. The van der Waals surface area contributed by atoms with Gasteiger partial charge >= 0.3 is 0 Å². The van der Waals surface area contributed by atoms with Gasteiger partial charge in [-0.25, -0.2) is 0 Å². The molecule has 1 saturated heterocycles. The second-order valence-corrected chi connectivity index (χ2v) is 6.72. The average molecular weight is 263 g/mol. The molecular weight excluding hydrogens is 238 g/mol. The first-order chi connectivity index (χ1) is 9.03. The van der Waals surface area contributed by atoms with Crippen molar-refractivity contribution < 1.29 is 4.79 Å². The van der Waals surface area contributed by atoms with E-state index in [-0.39, 0.29) is 23.8 Å². The highest BCUT2D eigenvalue weighted by molar-refractivity contribution is 5.83. The molecule has 1 amide bonds. The Morgan fingerprint density at radius 2 is 2.05 bits per heavy atom. The van der Waals surface area contributed by atoms with Crippen LogP contribution in [0.5, 0.6) is 0 Å². The molecule has 0 aromatic heterocycles. The molecule has 19 heavy (non-hydrogen) atoms. The van der Waals surface area contributed by atoms with E-state index in [2.05, 4.69) is 30.1 Å². The molecule has 0 bridgehead atoms. The highest BCUT2D eigenvalue weighted by Gasteiger charge is 2.37. The molecule has 0 aromatic rings. The quantitative estimate of drug-likeness (QED) is 0.829. The molecule has 1 atom stereocenters. The van der Waals surface area contributed by atoms with E-state index in [1.165, 1.54) is 19.3 Å². The number of nitrogens with one attached hydrogen (secondary N) is 1. The smallest absolute Gasteiger partial charge is 0.241 e. The third-order valence-electron chi connectivity index (χ3n) is 4.32. The van der Waals surface area contributed by atoms with E-state index in [9.17, 15) is 4.79 Å². The highest BCUT2D eigenvalue weighted by atomic mass is 16.2. The lowest BCUT2D eigenvalue weighted by Crippen LogP contribution is -2.49. The lowest BCUT2D eigenvalue weighted by atomic mass is 9.89. The summed E-state index contributed by atoms with van der Waals surface area (Å²) in [4.78, 5) is 14.7. The van der Waals surface area contributed by atoms with Crippen molar-refractivity contribution in [3.8, 4) is 6.07 Å². The number of nitrogens with zero attached hydrogens (tertiary/aromatic N) is 2. The van der Waals surface area contributed by atoms with Crippen molar-refractivity contribution >= 4 is 5.91 Å². The summed E-state index contributed by atoms with van der Waals surface area (Å²) in [5, 5.41) is 12.2. The zero-order chi connectivity index (χ0) is 13.9. The minimum absolute atomic E-state index is 0.0807. The fourth-order valence-corrected chi connectivity index (χ4v) is 3.23. The Hall–Kier alpha value is -1.08. The van der Waals surface area contributed by atoms with Gasteiger partial charge in [0.1, 0.15) is 0 Å². The van der Waals surface area contributed by atoms with Crippen LogP contribution >= 0.6 is 0 Å². The van der Waals surface area contributed by atoms with Crippen LogP contribution in [-0.2, 0) is 4.79 Å². The Kier molecular flexibility index (Phi) is 4.46. The summed E-state index contributed by atoms with van der Waals surface area (Å²) in [6.45, 7) is 6.00. The van der Waals surface area contributed by atoms with Crippen LogP contribution < -0.4 is 5.32 Å². The molecule has 0 spiro atoms. The van der Waals surface area contributed by atoms with Gasteiger partial charge in [-0.3, -0.25) is 4.79 Å². The molecule has 1 unspecified atom stereocenters. The van der Waals surface area contributed by atoms with E-state index in [1.807, 2.05) is 0 Å². The van der Waals surface area contributed by atoms with Crippen LogP contribution in [0.2, 0.25) is 0 Å². The second-order valence-electron chi connectivity index (χ2n) is 6.72. The van der Waals surface area contributed by atoms with Gasteiger partial charge in [-0.2, -0.15) is 5.26 Å². The van der Waals surface area contributed by atoms with Crippen LogP contribution in [0.3, 0.4) is 0 Å². The van der Waals surface area contributed by atoms with E-state index in [1.54, 1.807) is 0 Å². The van der Waals surface area contributed by atoms with Crippen molar-refractivity contribution in [3.05, 3.63) is 0 Å². The Morgan fingerprint density at radius 3 is 2.68 bits per heavy atom. The number of nitriles is 1. The molecule has 1 N–H and O–H groups in total. The van der Waals surface area contributed by atoms with Crippen LogP contribution in [0.15, 0.2) is 0 Å². The van der Waals surface area contributed by atoms with E-state index in [0.717, 1.165) is 25.9 Å². The van der Waals surface area contributed by atoms with Gasteiger partial charge in [0.25, 0.3) is 0 Å². The van der Waals surface area contributed by atoms with Crippen molar-refractivity contribution in [2.24, 2.45) is 5.41 Å². The maximum absolute atomic E-state index is 12.6. The van der Waals surface area contributed by atoms with Gasteiger partial charge in [0.05, 0.1) is 18.5 Å². The van der Waals surface area contributed by atoms with Crippen molar-refractivity contribution in [2.45, 2.75) is 64.5 Å². The minimum Gasteiger partial charge on any atom is -0.338 e. The van der Waals surface area contributed by atoms with Crippen molar-refractivity contribution in [1.29, 1.82) is 5.26 Å². The molecule has 1 saturated carbocycles. The van der Waals surface area contributed by atoms with Gasteiger partial charge < -0.3 is 10.2 Å². The van der Waals surface area contributed by atoms with Gasteiger partial charge in [-0.05, 0) is 18.3 Å². The number of hydrogen-bond donors (Lipinski definition) is 1. The molecule has 2 aliphatic rings. The van der Waals surface area contributed by atoms with Gasteiger partial charge in [0, 0.05) is 19.1 Å². The predicted molar refractivity (Wildman–Crippen MR) is 74.4 cm³/mol. The zero-order valence-corrected chi connectivity index (χ0v) is 12.1. The predicted octanol–water partition coefficient (Wildman–Crippen LogP) is 2.06. The Morgan fingerprint density at radius 1 is 1.37 bits per heavy atom. The van der Waals surface area contributed by atoms with E-state index < -0.39 is 0 Å². The standard InChI is InChI=1S/C15H25N3O/c1-15(2)10-17-13(8-9-16)14(19)18(11-15)12-6-4-3-5-7-12/h12-13,17H,3-8,10-11H2,1-2H3. The normalized spacial score (nSPS) is 28.8. The van der Waals surface area contributed by atoms with Crippen LogP contribution in [0.25, 0.3) is 0 Å². The number of carbonyl (C=O) groups is 1. The molecule has 1 aliphatic carbocycles. The van der Waals surface area contributed by atoms with Gasteiger partial charge in [-0.15, -0.1) is 0 Å². The molecule has 2 rings (SSSR count). The van der Waals surface area contributed by atoms with Gasteiger partial charge in [0.2, 0.25) is 5.91 Å². The van der Waals surface area contributed by atoms with Crippen molar-refractivity contribution in [2.75, 3.05) is 13.1 Å². The van der Waals surface area contributed by atoms with Crippen LogP contribution in [0.4, 0.5) is 0 Å². The van der Waals surface area contributed by atoms with Crippen LogP contribution in [-0.4, -0.2) is 36.0 Å². The first-order valence-electron chi connectivity index (χ1n) is 7.44. The molecule has 0 radical (unpaired) electrons. The summed E-state index contributed by atoms with van der Waals surface area (Å²) in [5.74, 6) is 0.138. The monoisotopic (exact) mass is 263 g/mol. The Labute approximate surface area is 116 Å². The zero-order valence-electron chi connectivity index (χ0n) is 12.1. The summed E-state index contributed by atoms with van der Waals surface area (Å²) < 4.78 is 0. The molecule has 4 heteroatoms. The van der Waals surface area contributed by atoms with Gasteiger partial charge in [-0.1, -0.05) is 33.1 Å². The van der Waals surface area contributed by atoms with E-state index in [0.29, 0.717) is 6.04 Å². The SMILES string of the molecule is CC1(C)CNC(CC#N)C(=O)N(C2CCCCC2)C1. The molecular formula is C15H25N3O. The summed E-state index contributed by atoms with van der Waals surface area (Å²) in [6.07, 6.45) is 6.28.